The lowest BCUT2D eigenvalue weighted by Crippen LogP contribution is -2.43. The van der Waals surface area contributed by atoms with Crippen LogP contribution in [0, 0.1) is 16.0 Å². The third-order valence-electron chi connectivity index (χ3n) is 3.61. The number of rotatable bonds is 5. The minimum Gasteiger partial charge on any atom is -0.337 e. The highest BCUT2D eigenvalue weighted by Gasteiger charge is 2.36. The molecule has 0 aliphatic heterocycles. The van der Waals surface area contributed by atoms with E-state index in [1.54, 1.807) is 7.05 Å². The van der Waals surface area contributed by atoms with Crippen molar-refractivity contribution in [2.24, 2.45) is 11.7 Å². The van der Waals surface area contributed by atoms with E-state index in [2.05, 4.69) is 0 Å². The van der Waals surface area contributed by atoms with E-state index in [1.165, 1.54) is 23.1 Å². The summed E-state index contributed by atoms with van der Waals surface area (Å²) in [6, 6.07) is 3.90. The molecule has 1 aromatic rings. The van der Waals surface area contributed by atoms with Crippen LogP contribution in [-0.4, -0.2) is 35.4 Å². The summed E-state index contributed by atoms with van der Waals surface area (Å²) in [4.78, 5) is 24.4. The van der Waals surface area contributed by atoms with Gasteiger partial charge in [0.15, 0.2) is 0 Å². The van der Waals surface area contributed by atoms with Crippen LogP contribution in [0.3, 0.4) is 0 Å². The van der Waals surface area contributed by atoms with E-state index in [9.17, 15) is 14.9 Å². The fourth-order valence-electron chi connectivity index (χ4n) is 2.33. The van der Waals surface area contributed by atoms with Gasteiger partial charge < -0.3 is 10.6 Å². The molecule has 0 heterocycles. The molecule has 0 saturated heterocycles. The highest BCUT2D eigenvalue weighted by atomic mass is 35.5. The van der Waals surface area contributed by atoms with Gasteiger partial charge >= 0.3 is 0 Å². The molecular formula is C13H16ClN3O3. The van der Waals surface area contributed by atoms with Gasteiger partial charge in [-0.15, -0.1) is 0 Å². The van der Waals surface area contributed by atoms with Crippen LogP contribution < -0.4 is 5.73 Å². The Hall–Kier alpha value is -1.66. The van der Waals surface area contributed by atoms with Crippen molar-refractivity contribution in [1.82, 2.24) is 4.90 Å². The van der Waals surface area contributed by atoms with Gasteiger partial charge in [-0.3, -0.25) is 14.9 Å². The number of benzene rings is 1. The molecule has 20 heavy (non-hydrogen) atoms. The SMILES string of the molecule is CN(C(=O)c1cc(Cl)ccc1[N+](=O)[O-])C(CN)C1CC1. The number of nitro groups is 1. The summed E-state index contributed by atoms with van der Waals surface area (Å²) in [5.74, 6) is -0.0197. The smallest absolute Gasteiger partial charge is 0.282 e. The third-order valence-corrected chi connectivity index (χ3v) is 3.85. The number of hydrogen-bond acceptors (Lipinski definition) is 4. The number of hydrogen-bond donors (Lipinski definition) is 1. The molecule has 0 aromatic heterocycles. The van der Waals surface area contributed by atoms with Crippen LogP contribution in [0.2, 0.25) is 5.02 Å². The Balaban J connectivity index is 2.32. The molecule has 6 nitrogen and oxygen atoms in total. The number of carbonyl (C=O) groups is 1. The lowest BCUT2D eigenvalue weighted by atomic mass is 10.1. The molecule has 1 fully saturated rings. The van der Waals surface area contributed by atoms with Gasteiger partial charge in [0.25, 0.3) is 11.6 Å². The largest absolute Gasteiger partial charge is 0.337 e. The van der Waals surface area contributed by atoms with Crippen LogP contribution in [0.15, 0.2) is 18.2 Å². The average Bonchev–Trinajstić information content (AvgIpc) is 3.22. The monoisotopic (exact) mass is 297 g/mol. The van der Waals surface area contributed by atoms with Gasteiger partial charge in [-0.05, 0) is 30.9 Å². The topological polar surface area (TPSA) is 89.5 Å². The van der Waals surface area contributed by atoms with Gasteiger partial charge in [0.1, 0.15) is 5.56 Å². The van der Waals surface area contributed by atoms with Crippen molar-refractivity contribution in [2.75, 3.05) is 13.6 Å². The Kier molecular flexibility index (Phi) is 4.25. The molecule has 0 spiro atoms. The van der Waals surface area contributed by atoms with Crippen molar-refractivity contribution in [3.05, 3.63) is 38.9 Å². The molecule has 1 atom stereocenters. The second kappa shape index (κ2) is 5.76. The number of nitrogens with two attached hydrogens (primary N) is 1. The summed E-state index contributed by atoms with van der Waals surface area (Å²) >= 11 is 5.84. The predicted molar refractivity (Wildman–Crippen MR) is 75.8 cm³/mol. The van der Waals surface area contributed by atoms with Crippen molar-refractivity contribution in [3.8, 4) is 0 Å². The first-order chi connectivity index (χ1) is 9.45. The first-order valence-corrected chi connectivity index (χ1v) is 6.74. The number of nitrogens with zero attached hydrogens (tertiary/aromatic N) is 2. The third kappa shape index (κ3) is 2.91. The van der Waals surface area contributed by atoms with Crippen molar-refractivity contribution in [3.63, 3.8) is 0 Å². The Morgan fingerprint density at radius 3 is 2.75 bits per heavy atom. The van der Waals surface area contributed by atoms with Crippen LogP contribution in [0.5, 0.6) is 0 Å². The van der Waals surface area contributed by atoms with E-state index in [1.807, 2.05) is 0 Å². The Morgan fingerprint density at radius 1 is 1.60 bits per heavy atom. The maximum absolute atomic E-state index is 12.5. The molecule has 1 aliphatic carbocycles. The molecule has 2 N–H and O–H groups in total. The zero-order chi connectivity index (χ0) is 14.9. The lowest BCUT2D eigenvalue weighted by Gasteiger charge is -2.27. The number of likely N-dealkylation sites (N-methyl/N-ethyl adjacent to an activating group) is 1. The first-order valence-electron chi connectivity index (χ1n) is 6.37. The zero-order valence-corrected chi connectivity index (χ0v) is 11.8. The molecular weight excluding hydrogens is 282 g/mol. The van der Waals surface area contributed by atoms with Crippen molar-refractivity contribution in [1.29, 1.82) is 0 Å². The molecule has 1 saturated carbocycles. The normalized spacial score (nSPS) is 15.8. The summed E-state index contributed by atoms with van der Waals surface area (Å²) in [6.07, 6.45) is 2.08. The number of halogens is 1. The van der Waals surface area contributed by atoms with E-state index in [-0.39, 0.29) is 17.3 Å². The van der Waals surface area contributed by atoms with Gasteiger partial charge in [-0.25, -0.2) is 0 Å². The number of amides is 1. The van der Waals surface area contributed by atoms with Crippen molar-refractivity contribution < 1.29 is 9.72 Å². The number of carbonyl (C=O) groups excluding carboxylic acids is 1. The molecule has 1 amide bonds. The highest BCUT2D eigenvalue weighted by molar-refractivity contribution is 6.31. The molecule has 7 heteroatoms. The van der Waals surface area contributed by atoms with Crippen molar-refractivity contribution >= 4 is 23.2 Å². The minimum absolute atomic E-state index is 0.00380. The van der Waals surface area contributed by atoms with Gasteiger partial charge in [-0.1, -0.05) is 11.6 Å². The van der Waals surface area contributed by atoms with Crippen LogP contribution >= 0.6 is 11.6 Å². The second-order valence-electron chi connectivity index (χ2n) is 4.98. The Labute approximate surface area is 121 Å². The van der Waals surface area contributed by atoms with Crippen LogP contribution in [0.25, 0.3) is 0 Å². The summed E-state index contributed by atoms with van der Waals surface area (Å²) in [7, 11) is 1.63. The first kappa shape index (κ1) is 14.7. The molecule has 0 bridgehead atoms. The van der Waals surface area contributed by atoms with Gasteiger partial charge in [0.05, 0.1) is 4.92 Å². The van der Waals surface area contributed by atoms with E-state index in [4.69, 9.17) is 17.3 Å². The van der Waals surface area contributed by atoms with Gasteiger partial charge in [-0.2, -0.15) is 0 Å². The molecule has 1 aromatic carbocycles. The summed E-state index contributed by atoms with van der Waals surface area (Å²) < 4.78 is 0. The average molecular weight is 298 g/mol. The molecule has 2 rings (SSSR count). The summed E-state index contributed by atoms with van der Waals surface area (Å²) in [6.45, 7) is 0.348. The Morgan fingerprint density at radius 2 is 2.25 bits per heavy atom. The van der Waals surface area contributed by atoms with E-state index in [0.717, 1.165) is 12.8 Å². The summed E-state index contributed by atoms with van der Waals surface area (Å²) in [5, 5.41) is 11.3. The second-order valence-corrected chi connectivity index (χ2v) is 5.41. The van der Waals surface area contributed by atoms with Gasteiger partial charge in [0, 0.05) is 30.7 Å². The number of nitro benzene ring substituents is 1. The zero-order valence-electron chi connectivity index (χ0n) is 11.1. The van der Waals surface area contributed by atoms with Crippen LogP contribution in [-0.2, 0) is 0 Å². The fourth-order valence-corrected chi connectivity index (χ4v) is 2.50. The highest BCUT2D eigenvalue weighted by Crippen LogP contribution is 2.35. The molecule has 108 valence electrons. The van der Waals surface area contributed by atoms with Crippen LogP contribution in [0.4, 0.5) is 5.69 Å². The standard InChI is InChI=1S/C13H16ClN3O3/c1-16(12(7-15)8-2-3-8)13(18)10-6-9(14)4-5-11(10)17(19)20/h4-6,8,12H,2-3,7,15H2,1H3. The summed E-state index contributed by atoms with van der Waals surface area (Å²) in [5.41, 5.74) is 5.47. The molecule has 1 aliphatic rings. The quantitative estimate of drug-likeness (QED) is 0.665. The van der Waals surface area contributed by atoms with E-state index in [0.29, 0.717) is 17.5 Å². The lowest BCUT2D eigenvalue weighted by molar-refractivity contribution is -0.385. The molecule has 0 radical (unpaired) electrons. The minimum atomic E-state index is -0.577. The fraction of sp³-hybridized carbons (Fsp3) is 0.462. The predicted octanol–water partition coefficient (Wildman–Crippen LogP) is 2.06. The van der Waals surface area contributed by atoms with Crippen LogP contribution in [0.1, 0.15) is 23.2 Å². The Bertz CT molecular complexity index is 546. The van der Waals surface area contributed by atoms with Crippen molar-refractivity contribution in [2.45, 2.75) is 18.9 Å². The van der Waals surface area contributed by atoms with E-state index < -0.39 is 10.8 Å². The maximum atomic E-state index is 12.5. The molecule has 1 unspecified atom stereocenters. The van der Waals surface area contributed by atoms with E-state index >= 15 is 0 Å². The van der Waals surface area contributed by atoms with Gasteiger partial charge in [0.2, 0.25) is 0 Å². The maximum Gasteiger partial charge on any atom is 0.282 e.